The molecule has 0 radical (unpaired) electrons. The number of hydrogen-bond donors (Lipinski definition) is 3. The van der Waals surface area contributed by atoms with E-state index in [1.54, 1.807) is 0 Å². The zero-order valence-electron chi connectivity index (χ0n) is 13.4. The molecule has 1 aliphatic carbocycles. The van der Waals surface area contributed by atoms with Gasteiger partial charge in [0.2, 0.25) is 0 Å². The summed E-state index contributed by atoms with van der Waals surface area (Å²) in [5.41, 5.74) is 0. The standard InChI is InChI=1S/C16H30N2O3/c1-3-5-11-14(15(19)20)18-16(21)17-13(4-2)12-9-7-6-8-10-12/h12-14H,3-11H2,1-2H3,(H,19,20)(H2,17,18,21)/t13?,14-/m0/s1. The highest BCUT2D eigenvalue weighted by Gasteiger charge is 2.25. The lowest BCUT2D eigenvalue weighted by atomic mass is 9.83. The van der Waals surface area contributed by atoms with Gasteiger partial charge in [0, 0.05) is 6.04 Å². The molecule has 3 N–H and O–H groups in total. The van der Waals surface area contributed by atoms with Crippen molar-refractivity contribution < 1.29 is 14.7 Å². The molecule has 0 bridgehead atoms. The Hall–Kier alpha value is -1.26. The van der Waals surface area contributed by atoms with Crippen LogP contribution in [0.3, 0.4) is 0 Å². The van der Waals surface area contributed by atoms with E-state index in [4.69, 9.17) is 5.11 Å². The Morgan fingerprint density at radius 2 is 1.81 bits per heavy atom. The first-order valence-corrected chi connectivity index (χ1v) is 8.38. The SMILES string of the molecule is CCCC[C@H](NC(=O)NC(CC)C1CCCCC1)C(=O)O. The number of rotatable bonds is 8. The van der Waals surface area contributed by atoms with Gasteiger partial charge in [0.25, 0.3) is 0 Å². The Morgan fingerprint density at radius 3 is 2.33 bits per heavy atom. The third-order valence-corrected chi connectivity index (χ3v) is 4.42. The minimum absolute atomic E-state index is 0.158. The van der Waals surface area contributed by atoms with Crippen LogP contribution < -0.4 is 10.6 Å². The van der Waals surface area contributed by atoms with Crippen molar-refractivity contribution in [3.05, 3.63) is 0 Å². The molecule has 5 heteroatoms. The number of carboxylic acids is 1. The number of unbranched alkanes of at least 4 members (excludes halogenated alkanes) is 1. The van der Waals surface area contributed by atoms with E-state index in [9.17, 15) is 9.59 Å². The third-order valence-electron chi connectivity index (χ3n) is 4.42. The molecule has 0 aromatic heterocycles. The number of urea groups is 1. The fourth-order valence-corrected chi connectivity index (χ4v) is 3.12. The quantitative estimate of drug-likeness (QED) is 0.643. The van der Waals surface area contributed by atoms with Crippen molar-refractivity contribution >= 4 is 12.0 Å². The van der Waals surface area contributed by atoms with E-state index >= 15 is 0 Å². The summed E-state index contributed by atoms with van der Waals surface area (Å²) in [5, 5.41) is 14.7. The Bertz CT molecular complexity index is 327. The number of amides is 2. The van der Waals surface area contributed by atoms with Gasteiger partial charge in [-0.1, -0.05) is 46.0 Å². The molecule has 2 amide bonds. The lowest BCUT2D eigenvalue weighted by Crippen LogP contribution is -2.50. The Morgan fingerprint density at radius 1 is 1.14 bits per heavy atom. The number of hydrogen-bond acceptors (Lipinski definition) is 2. The number of aliphatic carboxylic acids is 1. The summed E-state index contributed by atoms with van der Waals surface area (Å²) >= 11 is 0. The van der Waals surface area contributed by atoms with Gasteiger partial charge >= 0.3 is 12.0 Å². The highest BCUT2D eigenvalue weighted by molar-refractivity contribution is 5.82. The molecule has 0 aromatic carbocycles. The molecule has 1 rings (SSSR count). The van der Waals surface area contributed by atoms with E-state index in [2.05, 4.69) is 17.6 Å². The van der Waals surface area contributed by atoms with Gasteiger partial charge in [-0.3, -0.25) is 0 Å². The van der Waals surface area contributed by atoms with Gasteiger partial charge < -0.3 is 15.7 Å². The fraction of sp³-hybridized carbons (Fsp3) is 0.875. The van der Waals surface area contributed by atoms with Gasteiger partial charge in [-0.15, -0.1) is 0 Å². The first-order chi connectivity index (χ1) is 10.1. The molecule has 5 nitrogen and oxygen atoms in total. The highest BCUT2D eigenvalue weighted by atomic mass is 16.4. The second-order valence-corrected chi connectivity index (χ2v) is 6.06. The average molecular weight is 298 g/mol. The van der Waals surface area contributed by atoms with Crippen LogP contribution in [0, 0.1) is 5.92 Å². The minimum atomic E-state index is -0.954. The predicted octanol–water partition coefficient (Wildman–Crippen LogP) is 3.29. The number of carbonyl (C=O) groups excluding carboxylic acids is 1. The Balaban J connectivity index is 2.46. The van der Waals surface area contributed by atoms with Crippen LogP contribution >= 0.6 is 0 Å². The molecule has 0 spiro atoms. The molecule has 0 saturated heterocycles. The van der Waals surface area contributed by atoms with Crippen molar-refractivity contribution in [1.29, 1.82) is 0 Å². The number of carboxylic acid groups (broad SMARTS) is 1. The largest absolute Gasteiger partial charge is 0.480 e. The van der Waals surface area contributed by atoms with E-state index in [1.807, 2.05) is 6.92 Å². The second-order valence-electron chi connectivity index (χ2n) is 6.06. The Labute approximate surface area is 127 Å². The zero-order valence-corrected chi connectivity index (χ0v) is 13.4. The summed E-state index contributed by atoms with van der Waals surface area (Å²) in [5.74, 6) is -0.419. The van der Waals surface area contributed by atoms with Gasteiger partial charge in [-0.2, -0.15) is 0 Å². The first kappa shape index (κ1) is 17.8. The molecule has 21 heavy (non-hydrogen) atoms. The maximum Gasteiger partial charge on any atom is 0.326 e. The molecule has 0 aliphatic heterocycles. The van der Waals surface area contributed by atoms with Crippen LogP contribution in [0.5, 0.6) is 0 Å². The van der Waals surface area contributed by atoms with Crippen molar-refractivity contribution in [3.63, 3.8) is 0 Å². The average Bonchev–Trinajstić information content (AvgIpc) is 2.49. The van der Waals surface area contributed by atoms with E-state index < -0.39 is 12.0 Å². The smallest absolute Gasteiger partial charge is 0.326 e. The molecule has 0 aromatic rings. The lowest BCUT2D eigenvalue weighted by molar-refractivity contribution is -0.139. The molecule has 0 heterocycles. The molecule has 1 aliphatic rings. The lowest BCUT2D eigenvalue weighted by Gasteiger charge is -2.30. The van der Waals surface area contributed by atoms with Crippen LogP contribution in [0.4, 0.5) is 4.79 Å². The van der Waals surface area contributed by atoms with Crippen molar-refractivity contribution in [2.45, 2.75) is 83.7 Å². The molecule has 1 saturated carbocycles. The fourth-order valence-electron chi connectivity index (χ4n) is 3.12. The molecule has 2 atom stereocenters. The normalized spacial score (nSPS) is 18.8. The first-order valence-electron chi connectivity index (χ1n) is 8.38. The monoisotopic (exact) mass is 298 g/mol. The summed E-state index contributed by atoms with van der Waals surface area (Å²) in [6.07, 6.45) is 9.19. The third kappa shape index (κ3) is 6.36. The Kier molecular flexibility index (Phi) is 8.16. The molecular weight excluding hydrogens is 268 g/mol. The van der Waals surface area contributed by atoms with E-state index in [-0.39, 0.29) is 12.1 Å². The van der Waals surface area contributed by atoms with Crippen LogP contribution in [0.25, 0.3) is 0 Å². The molecule has 122 valence electrons. The summed E-state index contributed by atoms with van der Waals surface area (Å²) in [4.78, 5) is 23.2. The van der Waals surface area contributed by atoms with E-state index in [0.29, 0.717) is 12.3 Å². The molecule has 1 unspecified atom stereocenters. The van der Waals surface area contributed by atoms with Crippen LogP contribution in [0.2, 0.25) is 0 Å². The van der Waals surface area contributed by atoms with Crippen molar-refractivity contribution in [3.8, 4) is 0 Å². The van der Waals surface area contributed by atoms with Crippen LogP contribution in [-0.4, -0.2) is 29.2 Å². The predicted molar refractivity (Wildman–Crippen MR) is 83.3 cm³/mol. The van der Waals surface area contributed by atoms with Crippen LogP contribution in [0.15, 0.2) is 0 Å². The van der Waals surface area contributed by atoms with Crippen LogP contribution in [-0.2, 0) is 4.79 Å². The molecular formula is C16H30N2O3. The minimum Gasteiger partial charge on any atom is -0.480 e. The van der Waals surface area contributed by atoms with Gasteiger partial charge in [-0.05, 0) is 31.6 Å². The van der Waals surface area contributed by atoms with Gasteiger partial charge in [0.1, 0.15) is 6.04 Å². The highest BCUT2D eigenvalue weighted by Crippen LogP contribution is 2.27. The van der Waals surface area contributed by atoms with Crippen LogP contribution in [0.1, 0.15) is 71.6 Å². The van der Waals surface area contributed by atoms with Crippen molar-refractivity contribution in [1.82, 2.24) is 10.6 Å². The van der Waals surface area contributed by atoms with E-state index in [1.165, 1.54) is 19.3 Å². The number of carbonyl (C=O) groups is 2. The number of nitrogens with one attached hydrogen (secondary N) is 2. The maximum absolute atomic E-state index is 12.0. The summed E-state index contributed by atoms with van der Waals surface area (Å²) in [6.45, 7) is 4.08. The summed E-state index contributed by atoms with van der Waals surface area (Å²) < 4.78 is 0. The van der Waals surface area contributed by atoms with E-state index in [0.717, 1.165) is 32.1 Å². The maximum atomic E-state index is 12.0. The summed E-state index contributed by atoms with van der Waals surface area (Å²) in [6, 6.07) is -0.962. The summed E-state index contributed by atoms with van der Waals surface area (Å²) in [7, 11) is 0. The second kappa shape index (κ2) is 9.64. The zero-order chi connectivity index (χ0) is 15.7. The van der Waals surface area contributed by atoms with Gasteiger partial charge in [0.05, 0.1) is 0 Å². The van der Waals surface area contributed by atoms with Crippen molar-refractivity contribution in [2.24, 2.45) is 5.92 Å². The van der Waals surface area contributed by atoms with Gasteiger partial charge in [0.15, 0.2) is 0 Å². The van der Waals surface area contributed by atoms with Crippen molar-refractivity contribution in [2.75, 3.05) is 0 Å². The molecule has 1 fully saturated rings. The topological polar surface area (TPSA) is 78.4 Å². The van der Waals surface area contributed by atoms with Gasteiger partial charge in [-0.25, -0.2) is 9.59 Å².